The Morgan fingerprint density at radius 3 is 1.14 bits per heavy atom. The minimum Gasteiger partial charge on any atom is -0.481 e. The SMILES string of the molecule is CCCCCCCC(=O)OCCOCCOCCOCCOCCOCCOCCOCCOCCOCCOCCCNC(=O)CCC(=O)O. The highest BCUT2D eigenvalue weighted by Gasteiger charge is 2.05. The molecule has 0 saturated heterocycles. The van der Waals surface area contributed by atoms with Crippen molar-refractivity contribution < 1.29 is 71.6 Å². The molecule has 0 rings (SSSR count). The van der Waals surface area contributed by atoms with Crippen LogP contribution in [0, 0.1) is 0 Å². The summed E-state index contributed by atoms with van der Waals surface area (Å²) in [6.07, 6.45) is 6.50. The van der Waals surface area contributed by atoms with Crippen molar-refractivity contribution in [1.29, 1.82) is 0 Å². The standard InChI is InChI=1S/C35H67NO15/c1-2-3-4-5-6-8-35(40)51-32-31-50-30-29-49-28-27-48-26-25-47-24-23-46-22-21-45-20-19-44-18-17-43-16-15-42-14-13-41-12-7-11-36-33(37)9-10-34(38)39/h2-32H2,1H3,(H,36,37)(H,38,39). The van der Waals surface area contributed by atoms with Gasteiger partial charge in [-0.05, 0) is 12.8 Å². The number of aliphatic carboxylic acids is 1. The molecule has 0 atom stereocenters. The van der Waals surface area contributed by atoms with E-state index in [-0.39, 0.29) is 31.3 Å². The molecular formula is C35H67NO15. The maximum absolute atomic E-state index is 11.6. The van der Waals surface area contributed by atoms with Gasteiger partial charge < -0.3 is 62.5 Å². The van der Waals surface area contributed by atoms with E-state index in [2.05, 4.69) is 12.2 Å². The normalized spacial score (nSPS) is 11.2. The van der Waals surface area contributed by atoms with Gasteiger partial charge in [0.05, 0.1) is 132 Å². The lowest BCUT2D eigenvalue weighted by Gasteiger charge is -2.09. The van der Waals surface area contributed by atoms with Crippen LogP contribution in [0.1, 0.15) is 64.7 Å². The topological polar surface area (TPSA) is 185 Å². The number of carbonyl (C=O) groups is 3. The van der Waals surface area contributed by atoms with Crippen LogP contribution >= 0.6 is 0 Å². The van der Waals surface area contributed by atoms with Gasteiger partial charge in [-0.15, -0.1) is 0 Å². The Morgan fingerprint density at radius 2 is 0.765 bits per heavy atom. The van der Waals surface area contributed by atoms with Crippen molar-refractivity contribution in [2.75, 3.05) is 145 Å². The number of esters is 1. The van der Waals surface area contributed by atoms with Gasteiger partial charge in [-0.3, -0.25) is 14.4 Å². The van der Waals surface area contributed by atoms with Crippen LogP contribution < -0.4 is 5.32 Å². The number of ether oxygens (including phenoxy) is 11. The Kier molecular flexibility index (Phi) is 40.8. The van der Waals surface area contributed by atoms with Crippen molar-refractivity contribution in [2.24, 2.45) is 0 Å². The van der Waals surface area contributed by atoms with Crippen LogP contribution in [0.2, 0.25) is 0 Å². The van der Waals surface area contributed by atoms with Crippen molar-refractivity contribution in [3.63, 3.8) is 0 Å². The summed E-state index contributed by atoms with van der Waals surface area (Å²) in [6, 6.07) is 0. The fraction of sp³-hybridized carbons (Fsp3) is 0.914. The number of nitrogens with one attached hydrogen (secondary N) is 1. The Balaban J connectivity index is 3.12. The van der Waals surface area contributed by atoms with Gasteiger partial charge in [-0.2, -0.15) is 0 Å². The van der Waals surface area contributed by atoms with Crippen LogP contribution in [0.4, 0.5) is 0 Å². The van der Waals surface area contributed by atoms with Gasteiger partial charge in [0.2, 0.25) is 5.91 Å². The zero-order valence-corrected chi connectivity index (χ0v) is 31.1. The molecule has 2 N–H and O–H groups in total. The average Bonchev–Trinajstić information content (AvgIpc) is 3.12. The molecule has 0 heterocycles. The first kappa shape index (κ1) is 49.0. The van der Waals surface area contributed by atoms with E-state index < -0.39 is 5.97 Å². The van der Waals surface area contributed by atoms with Crippen molar-refractivity contribution in [2.45, 2.75) is 64.7 Å². The number of carboxylic acids is 1. The van der Waals surface area contributed by atoms with Gasteiger partial charge >= 0.3 is 11.9 Å². The molecule has 51 heavy (non-hydrogen) atoms. The van der Waals surface area contributed by atoms with Gasteiger partial charge in [-0.1, -0.05) is 32.6 Å². The maximum Gasteiger partial charge on any atom is 0.305 e. The number of carboxylic acid groups (broad SMARTS) is 1. The molecule has 0 spiro atoms. The van der Waals surface area contributed by atoms with Crippen LogP contribution in [0.15, 0.2) is 0 Å². The number of carbonyl (C=O) groups excluding carboxylic acids is 2. The molecule has 0 radical (unpaired) electrons. The van der Waals surface area contributed by atoms with Gasteiger partial charge in [0.1, 0.15) is 6.61 Å². The monoisotopic (exact) mass is 741 g/mol. The Hall–Kier alpha value is -1.99. The fourth-order valence-electron chi connectivity index (χ4n) is 3.95. The minimum atomic E-state index is -0.985. The second kappa shape index (κ2) is 42.4. The van der Waals surface area contributed by atoms with Crippen molar-refractivity contribution in [3.05, 3.63) is 0 Å². The predicted molar refractivity (Wildman–Crippen MR) is 187 cm³/mol. The van der Waals surface area contributed by atoms with Gasteiger partial charge in [0.25, 0.3) is 0 Å². The van der Waals surface area contributed by atoms with E-state index in [1.54, 1.807) is 0 Å². The second-order valence-electron chi connectivity index (χ2n) is 11.1. The molecule has 0 bridgehead atoms. The summed E-state index contributed by atoms with van der Waals surface area (Å²) in [6.45, 7) is 12.2. The highest BCUT2D eigenvalue weighted by molar-refractivity contribution is 5.80. The average molecular weight is 742 g/mol. The van der Waals surface area contributed by atoms with Crippen LogP contribution in [0.3, 0.4) is 0 Å². The minimum absolute atomic E-state index is 0.0125. The molecule has 0 saturated carbocycles. The zero-order valence-electron chi connectivity index (χ0n) is 31.1. The fourth-order valence-corrected chi connectivity index (χ4v) is 3.95. The van der Waals surface area contributed by atoms with E-state index in [0.717, 1.165) is 12.8 Å². The summed E-state index contributed by atoms with van der Waals surface area (Å²) in [5, 5.41) is 11.2. The quantitative estimate of drug-likeness (QED) is 0.0686. The van der Waals surface area contributed by atoms with E-state index in [9.17, 15) is 14.4 Å². The molecular weight excluding hydrogens is 674 g/mol. The second-order valence-corrected chi connectivity index (χ2v) is 11.1. The van der Waals surface area contributed by atoms with E-state index in [4.69, 9.17) is 57.2 Å². The number of hydrogen-bond acceptors (Lipinski definition) is 14. The molecule has 16 nitrogen and oxygen atoms in total. The molecule has 1 amide bonds. The third kappa shape index (κ3) is 44.1. The lowest BCUT2D eigenvalue weighted by atomic mass is 10.1. The largest absolute Gasteiger partial charge is 0.481 e. The van der Waals surface area contributed by atoms with Gasteiger partial charge in [0, 0.05) is 26.0 Å². The molecule has 0 fully saturated rings. The third-order valence-electron chi connectivity index (χ3n) is 6.68. The van der Waals surface area contributed by atoms with E-state index >= 15 is 0 Å². The number of unbranched alkanes of at least 4 members (excludes halogenated alkanes) is 4. The summed E-state index contributed by atoms with van der Waals surface area (Å²) in [7, 11) is 0. The first-order valence-corrected chi connectivity index (χ1v) is 18.5. The van der Waals surface area contributed by atoms with E-state index in [1.165, 1.54) is 19.3 Å². The lowest BCUT2D eigenvalue weighted by Crippen LogP contribution is -2.25. The summed E-state index contributed by atoms with van der Waals surface area (Å²) in [5.41, 5.74) is 0. The maximum atomic E-state index is 11.6. The molecule has 0 aliphatic carbocycles. The summed E-state index contributed by atoms with van der Waals surface area (Å²) >= 11 is 0. The smallest absolute Gasteiger partial charge is 0.305 e. The first-order valence-electron chi connectivity index (χ1n) is 18.5. The molecule has 0 aromatic carbocycles. The highest BCUT2D eigenvalue weighted by Crippen LogP contribution is 2.05. The highest BCUT2D eigenvalue weighted by atomic mass is 16.6. The predicted octanol–water partition coefficient (Wildman–Crippen LogP) is 2.43. The van der Waals surface area contributed by atoms with Gasteiger partial charge in [0.15, 0.2) is 0 Å². The molecule has 0 aromatic heterocycles. The lowest BCUT2D eigenvalue weighted by molar-refractivity contribution is -0.145. The Labute approximate surface area is 304 Å². The van der Waals surface area contributed by atoms with Crippen molar-refractivity contribution >= 4 is 17.8 Å². The van der Waals surface area contributed by atoms with Crippen molar-refractivity contribution in [3.8, 4) is 0 Å². The molecule has 16 heteroatoms. The molecule has 0 aliphatic rings. The summed E-state index contributed by atoms with van der Waals surface area (Å²) in [5.74, 6) is -1.41. The molecule has 302 valence electrons. The van der Waals surface area contributed by atoms with E-state index in [0.29, 0.717) is 152 Å². The van der Waals surface area contributed by atoms with Crippen LogP contribution in [-0.4, -0.2) is 168 Å². The first-order chi connectivity index (χ1) is 25.1. The van der Waals surface area contributed by atoms with E-state index in [1.807, 2.05) is 0 Å². The summed E-state index contributed by atoms with van der Waals surface area (Å²) in [4.78, 5) is 33.4. The number of rotatable bonds is 43. The molecule has 0 aromatic rings. The van der Waals surface area contributed by atoms with Crippen molar-refractivity contribution in [1.82, 2.24) is 5.32 Å². The van der Waals surface area contributed by atoms with Crippen LogP contribution in [0.5, 0.6) is 0 Å². The van der Waals surface area contributed by atoms with Crippen LogP contribution in [-0.2, 0) is 66.5 Å². The Bertz CT molecular complexity index is 763. The third-order valence-corrected chi connectivity index (χ3v) is 6.68. The summed E-state index contributed by atoms with van der Waals surface area (Å²) < 4.78 is 59.6. The Morgan fingerprint density at radius 1 is 0.412 bits per heavy atom. The number of amides is 1. The zero-order chi connectivity index (χ0) is 37.1. The molecule has 0 aliphatic heterocycles. The van der Waals surface area contributed by atoms with Gasteiger partial charge in [-0.25, -0.2) is 0 Å². The molecule has 0 unspecified atom stereocenters. The van der Waals surface area contributed by atoms with Crippen LogP contribution in [0.25, 0.3) is 0 Å². The number of hydrogen-bond donors (Lipinski definition) is 2.